The van der Waals surface area contributed by atoms with E-state index in [-0.39, 0.29) is 34.3 Å². The van der Waals surface area contributed by atoms with Crippen molar-refractivity contribution in [1.29, 1.82) is 0 Å². The molecule has 1 N–H and O–H groups in total. The first-order valence-corrected chi connectivity index (χ1v) is 17.6. The highest BCUT2D eigenvalue weighted by atomic mass is 35.5. The van der Waals surface area contributed by atoms with Crippen LogP contribution in [0.5, 0.6) is 0 Å². The van der Waals surface area contributed by atoms with Crippen LogP contribution in [0.2, 0.25) is 5.02 Å². The van der Waals surface area contributed by atoms with Gasteiger partial charge in [0.2, 0.25) is 10.0 Å². The molecule has 1 amide bonds. The molecule has 0 radical (unpaired) electrons. The summed E-state index contributed by atoms with van der Waals surface area (Å²) >= 11 is 6.01. The number of ether oxygens (including phenoxy) is 1. The second kappa shape index (κ2) is 13.4. The topological polar surface area (TPSA) is 122 Å². The summed E-state index contributed by atoms with van der Waals surface area (Å²) < 4.78 is 64.1. The predicted molar refractivity (Wildman–Crippen MR) is 164 cm³/mol. The molecule has 0 spiro atoms. The Balaban J connectivity index is 1.40. The van der Waals surface area contributed by atoms with Crippen molar-refractivity contribution < 1.29 is 26.4 Å². The van der Waals surface area contributed by atoms with Gasteiger partial charge in [0.1, 0.15) is 5.60 Å². The van der Waals surface area contributed by atoms with Crippen LogP contribution in [-0.4, -0.2) is 51.1 Å². The van der Waals surface area contributed by atoms with Crippen LogP contribution in [0, 0.1) is 5.92 Å². The van der Waals surface area contributed by atoms with E-state index in [0.29, 0.717) is 30.7 Å². The largest absolute Gasteiger partial charge is 0.444 e. The third kappa shape index (κ3) is 8.78. The third-order valence-electron chi connectivity index (χ3n) is 7.61. The zero-order valence-electron chi connectivity index (χ0n) is 24.3. The summed E-state index contributed by atoms with van der Waals surface area (Å²) in [5.74, 6) is -0.0380. The number of carbonyl (C=O) groups excluding carboxylic acids is 1. The predicted octanol–water partition coefficient (Wildman–Crippen LogP) is 6.32. The average molecular weight is 638 g/mol. The molecule has 0 bridgehead atoms. The number of carbonyl (C=O) groups is 1. The lowest BCUT2D eigenvalue weighted by molar-refractivity contribution is 0.0491. The SMILES string of the molecule is CC(C)(C)OC(=O)NC1CCC(/C=N\S(=O)(=O)c2ccc(S(=O)(=O)N(Cc3ccc(Cl)cc3)C3CCCC3)cc2)CC1. The van der Waals surface area contributed by atoms with Crippen LogP contribution < -0.4 is 5.32 Å². The van der Waals surface area contributed by atoms with Crippen LogP contribution in [0.3, 0.4) is 0 Å². The maximum absolute atomic E-state index is 13.7. The smallest absolute Gasteiger partial charge is 0.407 e. The molecular weight excluding hydrogens is 598 g/mol. The number of halogens is 1. The average Bonchev–Trinajstić information content (AvgIpc) is 3.46. The number of benzene rings is 2. The Morgan fingerprint density at radius 2 is 1.50 bits per heavy atom. The maximum atomic E-state index is 13.7. The number of sulfonamides is 2. The van der Waals surface area contributed by atoms with Gasteiger partial charge >= 0.3 is 6.09 Å². The molecule has 2 saturated carbocycles. The van der Waals surface area contributed by atoms with Gasteiger partial charge in [0, 0.05) is 29.9 Å². The Labute approximate surface area is 254 Å². The summed E-state index contributed by atoms with van der Waals surface area (Å²) in [5.41, 5.74) is 0.260. The molecule has 0 heterocycles. The van der Waals surface area contributed by atoms with Gasteiger partial charge in [-0.3, -0.25) is 0 Å². The van der Waals surface area contributed by atoms with Crippen molar-refractivity contribution in [2.45, 2.75) is 106 Å². The Morgan fingerprint density at radius 1 is 0.929 bits per heavy atom. The van der Waals surface area contributed by atoms with Gasteiger partial charge < -0.3 is 10.1 Å². The number of nitrogens with one attached hydrogen (secondary N) is 1. The number of amides is 1. The molecule has 0 atom stereocenters. The lowest BCUT2D eigenvalue weighted by Gasteiger charge is -2.28. The quantitative estimate of drug-likeness (QED) is 0.321. The third-order valence-corrected chi connectivity index (χ3v) is 11.0. The molecule has 9 nitrogen and oxygen atoms in total. The summed E-state index contributed by atoms with van der Waals surface area (Å²) in [6.07, 6.45) is 7.25. The molecule has 2 aliphatic carbocycles. The van der Waals surface area contributed by atoms with Gasteiger partial charge in [0.05, 0.1) is 9.79 Å². The minimum Gasteiger partial charge on any atom is -0.444 e. The van der Waals surface area contributed by atoms with E-state index in [4.69, 9.17) is 16.3 Å². The van der Waals surface area contributed by atoms with Gasteiger partial charge in [0.25, 0.3) is 10.0 Å². The number of alkyl carbamates (subject to hydrolysis) is 1. The molecular formula is C30H40ClN3O6S2. The van der Waals surface area contributed by atoms with E-state index in [1.165, 1.54) is 34.8 Å². The molecule has 2 fully saturated rings. The van der Waals surface area contributed by atoms with E-state index < -0.39 is 31.7 Å². The highest BCUT2D eigenvalue weighted by Crippen LogP contribution is 2.31. The minimum absolute atomic E-state index is 0.0286. The van der Waals surface area contributed by atoms with Crippen molar-refractivity contribution >= 4 is 44.0 Å². The normalized spacial score (nSPS) is 20.7. The Bertz CT molecular complexity index is 1460. The molecule has 42 heavy (non-hydrogen) atoms. The van der Waals surface area contributed by atoms with Crippen LogP contribution in [0.1, 0.15) is 77.7 Å². The number of nitrogens with zero attached hydrogens (tertiary/aromatic N) is 2. The second-order valence-electron chi connectivity index (χ2n) is 12.1. The number of hydrogen-bond acceptors (Lipinski definition) is 6. The van der Waals surface area contributed by atoms with Crippen molar-refractivity contribution in [2.24, 2.45) is 10.3 Å². The summed E-state index contributed by atoms with van der Waals surface area (Å²) in [4.78, 5) is 12.0. The summed E-state index contributed by atoms with van der Waals surface area (Å²) in [5, 5.41) is 3.45. The molecule has 4 rings (SSSR count). The fourth-order valence-electron chi connectivity index (χ4n) is 5.41. The molecule has 0 aromatic heterocycles. The first-order valence-electron chi connectivity index (χ1n) is 14.4. The van der Waals surface area contributed by atoms with Gasteiger partial charge in [0.15, 0.2) is 0 Å². The first kappa shape index (κ1) is 32.4. The van der Waals surface area contributed by atoms with Crippen molar-refractivity contribution in [2.75, 3.05) is 0 Å². The Morgan fingerprint density at radius 3 is 2.07 bits per heavy atom. The van der Waals surface area contributed by atoms with E-state index in [1.807, 2.05) is 12.1 Å². The van der Waals surface area contributed by atoms with Gasteiger partial charge in [-0.05, 0) is 107 Å². The monoisotopic (exact) mass is 637 g/mol. The van der Waals surface area contributed by atoms with Crippen LogP contribution in [-0.2, 0) is 31.3 Å². The second-order valence-corrected chi connectivity index (χ2v) is 16.0. The highest BCUT2D eigenvalue weighted by Gasteiger charge is 2.33. The fraction of sp³-hybridized carbons (Fsp3) is 0.533. The molecule has 0 saturated heterocycles. The lowest BCUT2D eigenvalue weighted by Crippen LogP contribution is -2.41. The van der Waals surface area contributed by atoms with Crippen LogP contribution >= 0.6 is 11.6 Å². The highest BCUT2D eigenvalue weighted by molar-refractivity contribution is 7.90. The van der Waals surface area contributed by atoms with E-state index in [0.717, 1.165) is 31.2 Å². The molecule has 0 aliphatic heterocycles. The van der Waals surface area contributed by atoms with E-state index >= 15 is 0 Å². The van der Waals surface area contributed by atoms with Crippen molar-refractivity contribution in [3.05, 3.63) is 59.1 Å². The molecule has 230 valence electrons. The summed E-state index contributed by atoms with van der Waals surface area (Å²) in [6.45, 7) is 5.63. The standard InChI is InChI=1S/C30H40ClN3O6S2/c1-30(2,3)40-29(35)33-25-14-10-22(11-15-25)20-32-41(36,37)27-16-18-28(19-17-27)42(38,39)34(26-6-4-5-7-26)21-23-8-12-24(31)13-9-23/h8-9,12-13,16-20,22,25-26H,4-7,10-11,14-15,21H2,1-3H3,(H,33,35)/b32-20-. The van der Waals surface area contributed by atoms with E-state index in [9.17, 15) is 21.6 Å². The van der Waals surface area contributed by atoms with Crippen molar-refractivity contribution in [3.63, 3.8) is 0 Å². The Hall–Kier alpha value is -2.47. The van der Waals surface area contributed by atoms with Crippen LogP contribution in [0.25, 0.3) is 0 Å². The molecule has 2 aromatic rings. The zero-order chi connectivity index (χ0) is 30.5. The van der Waals surface area contributed by atoms with Gasteiger partial charge in [-0.15, -0.1) is 0 Å². The maximum Gasteiger partial charge on any atom is 0.407 e. The summed E-state index contributed by atoms with van der Waals surface area (Å²) in [6, 6.07) is 12.3. The Kier molecular flexibility index (Phi) is 10.4. The first-order chi connectivity index (χ1) is 19.7. The minimum atomic E-state index is -4.00. The van der Waals surface area contributed by atoms with Crippen LogP contribution in [0.4, 0.5) is 4.79 Å². The van der Waals surface area contributed by atoms with Gasteiger partial charge in [-0.25, -0.2) is 13.2 Å². The van der Waals surface area contributed by atoms with Crippen LogP contribution in [0.15, 0.2) is 62.7 Å². The number of rotatable bonds is 9. The lowest BCUT2D eigenvalue weighted by atomic mass is 9.87. The van der Waals surface area contributed by atoms with Gasteiger partial charge in [-0.1, -0.05) is 36.6 Å². The zero-order valence-corrected chi connectivity index (χ0v) is 26.7. The molecule has 2 aromatic carbocycles. The van der Waals surface area contributed by atoms with Crippen molar-refractivity contribution in [3.8, 4) is 0 Å². The molecule has 0 unspecified atom stereocenters. The fourth-order valence-corrected chi connectivity index (χ4v) is 8.14. The van der Waals surface area contributed by atoms with Crippen molar-refractivity contribution in [1.82, 2.24) is 9.62 Å². The van der Waals surface area contributed by atoms with E-state index in [1.54, 1.807) is 32.9 Å². The number of hydrogen-bond donors (Lipinski definition) is 1. The van der Waals surface area contributed by atoms with Gasteiger partial charge in [-0.2, -0.15) is 17.1 Å². The van der Waals surface area contributed by atoms with E-state index in [2.05, 4.69) is 9.71 Å². The molecule has 12 heteroatoms. The molecule has 2 aliphatic rings. The summed E-state index contributed by atoms with van der Waals surface area (Å²) in [7, 11) is -7.88.